The molecule has 3 heteroatoms. The minimum absolute atomic E-state index is 0.546. The number of benzene rings is 1. The SMILES string of the molecule is CC1CC=CCC1COc1ccc(Br)cc1C#N. The fourth-order valence-corrected chi connectivity index (χ4v) is 2.51. The lowest BCUT2D eigenvalue weighted by Gasteiger charge is -2.25. The maximum absolute atomic E-state index is 9.07. The van der Waals surface area contributed by atoms with Gasteiger partial charge in [-0.3, -0.25) is 0 Å². The number of nitriles is 1. The highest BCUT2D eigenvalue weighted by molar-refractivity contribution is 9.10. The lowest BCUT2D eigenvalue weighted by Crippen LogP contribution is -2.21. The van der Waals surface area contributed by atoms with E-state index in [0.29, 0.717) is 29.8 Å². The third kappa shape index (κ3) is 3.14. The van der Waals surface area contributed by atoms with Crippen molar-refractivity contribution in [1.82, 2.24) is 0 Å². The first-order valence-electron chi connectivity index (χ1n) is 6.18. The highest BCUT2D eigenvalue weighted by atomic mass is 79.9. The minimum atomic E-state index is 0.546. The van der Waals surface area contributed by atoms with Crippen LogP contribution in [0, 0.1) is 23.2 Å². The summed E-state index contributed by atoms with van der Waals surface area (Å²) in [6, 6.07) is 7.71. The Bertz CT molecular complexity index is 490. The van der Waals surface area contributed by atoms with Crippen LogP contribution in [0.2, 0.25) is 0 Å². The number of halogens is 1. The van der Waals surface area contributed by atoms with E-state index in [2.05, 4.69) is 41.1 Å². The van der Waals surface area contributed by atoms with Crippen molar-refractivity contribution in [3.8, 4) is 11.8 Å². The van der Waals surface area contributed by atoms with Crippen LogP contribution < -0.4 is 4.74 Å². The largest absolute Gasteiger partial charge is 0.492 e. The highest BCUT2D eigenvalue weighted by Crippen LogP contribution is 2.28. The second kappa shape index (κ2) is 6.06. The van der Waals surface area contributed by atoms with E-state index in [-0.39, 0.29) is 0 Å². The van der Waals surface area contributed by atoms with Crippen molar-refractivity contribution >= 4 is 15.9 Å². The van der Waals surface area contributed by atoms with Gasteiger partial charge in [0.2, 0.25) is 0 Å². The van der Waals surface area contributed by atoms with Crippen molar-refractivity contribution in [3.63, 3.8) is 0 Å². The van der Waals surface area contributed by atoms with Crippen molar-refractivity contribution in [2.75, 3.05) is 6.61 Å². The molecule has 0 bridgehead atoms. The molecule has 1 aromatic rings. The molecule has 0 saturated carbocycles. The van der Waals surface area contributed by atoms with Gasteiger partial charge in [-0.15, -0.1) is 0 Å². The number of allylic oxidation sites excluding steroid dienone is 2. The highest BCUT2D eigenvalue weighted by Gasteiger charge is 2.19. The smallest absolute Gasteiger partial charge is 0.137 e. The van der Waals surface area contributed by atoms with Crippen LogP contribution in [0.4, 0.5) is 0 Å². The van der Waals surface area contributed by atoms with E-state index in [1.54, 1.807) is 6.07 Å². The Kier molecular flexibility index (Phi) is 4.43. The molecule has 1 aliphatic rings. The Morgan fingerprint density at radius 2 is 2.17 bits per heavy atom. The predicted molar refractivity (Wildman–Crippen MR) is 75.4 cm³/mol. The lowest BCUT2D eigenvalue weighted by atomic mass is 9.85. The van der Waals surface area contributed by atoms with E-state index in [4.69, 9.17) is 10.00 Å². The van der Waals surface area contributed by atoms with Crippen LogP contribution in [0.15, 0.2) is 34.8 Å². The van der Waals surface area contributed by atoms with Gasteiger partial charge < -0.3 is 4.74 Å². The molecule has 0 fully saturated rings. The Morgan fingerprint density at radius 1 is 1.39 bits per heavy atom. The van der Waals surface area contributed by atoms with Gasteiger partial charge in [0.15, 0.2) is 0 Å². The molecule has 2 atom stereocenters. The maximum Gasteiger partial charge on any atom is 0.137 e. The van der Waals surface area contributed by atoms with Crippen LogP contribution in [0.5, 0.6) is 5.75 Å². The average molecular weight is 306 g/mol. The van der Waals surface area contributed by atoms with Gasteiger partial charge in [0.05, 0.1) is 12.2 Å². The van der Waals surface area contributed by atoms with E-state index in [0.717, 1.165) is 17.3 Å². The van der Waals surface area contributed by atoms with E-state index >= 15 is 0 Å². The van der Waals surface area contributed by atoms with Crippen molar-refractivity contribution in [1.29, 1.82) is 5.26 Å². The van der Waals surface area contributed by atoms with E-state index in [1.807, 2.05) is 12.1 Å². The van der Waals surface area contributed by atoms with Crippen molar-refractivity contribution < 1.29 is 4.74 Å². The second-order valence-electron chi connectivity index (χ2n) is 4.74. The zero-order valence-electron chi connectivity index (χ0n) is 10.4. The zero-order chi connectivity index (χ0) is 13.0. The summed E-state index contributed by atoms with van der Waals surface area (Å²) in [4.78, 5) is 0. The standard InChI is InChI=1S/C15H16BrNO/c1-11-4-2-3-5-12(11)10-18-15-7-6-14(16)8-13(15)9-17/h2-3,6-8,11-12H,4-5,10H2,1H3. The molecular formula is C15H16BrNO. The number of hydrogen-bond acceptors (Lipinski definition) is 2. The summed E-state index contributed by atoms with van der Waals surface area (Å²) in [6.45, 7) is 2.94. The normalized spacial score (nSPS) is 22.5. The number of nitrogens with zero attached hydrogens (tertiary/aromatic N) is 1. The van der Waals surface area contributed by atoms with Crippen molar-refractivity contribution in [3.05, 3.63) is 40.4 Å². The predicted octanol–water partition coefficient (Wildman–Crippen LogP) is 4.30. The molecule has 2 unspecified atom stereocenters. The minimum Gasteiger partial charge on any atom is -0.492 e. The van der Waals surface area contributed by atoms with E-state index in [1.165, 1.54) is 0 Å². The Labute approximate surface area is 116 Å². The average Bonchev–Trinajstić information content (AvgIpc) is 2.39. The van der Waals surface area contributed by atoms with Crippen LogP contribution in [-0.2, 0) is 0 Å². The molecule has 0 aliphatic heterocycles. The molecule has 0 saturated heterocycles. The first-order chi connectivity index (χ1) is 8.70. The summed E-state index contributed by atoms with van der Waals surface area (Å²) < 4.78 is 6.72. The van der Waals surface area contributed by atoms with Gasteiger partial charge in [-0.05, 0) is 42.9 Å². The topological polar surface area (TPSA) is 33.0 Å². The summed E-state index contributed by atoms with van der Waals surface area (Å²) in [5.41, 5.74) is 0.586. The molecule has 0 amide bonds. The van der Waals surface area contributed by atoms with Gasteiger partial charge in [0, 0.05) is 4.47 Å². The monoisotopic (exact) mass is 305 g/mol. The number of ether oxygens (including phenoxy) is 1. The molecule has 94 valence electrons. The van der Waals surface area contributed by atoms with Crippen LogP contribution in [0.25, 0.3) is 0 Å². The lowest BCUT2D eigenvalue weighted by molar-refractivity contribution is 0.198. The maximum atomic E-state index is 9.07. The summed E-state index contributed by atoms with van der Waals surface area (Å²) in [5, 5.41) is 9.07. The summed E-state index contributed by atoms with van der Waals surface area (Å²) in [5.74, 6) is 1.88. The molecule has 2 rings (SSSR count). The summed E-state index contributed by atoms with van der Waals surface area (Å²) in [7, 11) is 0. The Hall–Kier alpha value is -1.27. The van der Waals surface area contributed by atoms with Gasteiger partial charge in [-0.25, -0.2) is 0 Å². The van der Waals surface area contributed by atoms with Gasteiger partial charge >= 0.3 is 0 Å². The molecule has 0 radical (unpaired) electrons. The molecule has 1 aliphatic carbocycles. The number of rotatable bonds is 3. The van der Waals surface area contributed by atoms with Gasteiger partial charge in [-0.2, -0.15) is 5.26 Å². The number of hydrogen-bond donors (Lipinski definition) is 0. The molecule has 0 spiro atoms. The third-order valence-electron chi connectivity index (χ3n) is 3.43. The first-order valence-corrected chi connectivity index (χ1v) is 6.97. The molecule has 0 N–H and O–H groups in total. The van der Waals surface area contributed by atoms with E-state index in [9.17, 15) is 0 Å². The van der Waals surface area contributed by atoms with Crippen LogP contribution in [-0.4, -0.2) is 6.61 Å². The van der Waals surface area contributed by atoms with Crippen LogP contribution in [0.1, 0.15) is 25.3 Å². The van der Waals surface area contributed by atoms with Gasteiger partial charge in [0.25, 0.3) is 0 Å². The van der Waals surface area contributed by atoms with Crippen LogP contribution >= 0.6 is 15.9 Å². The quantitative estimate of drug-likeness (QED) is 0.780. The Balaban J connectivity index is 2.02. The molecule has 0 heterocycles. The van der Waals surface area contributed by atoms with Crippen molar-refractivity contribution in [2.24, 2.45) is 11.8 Å². The molecule has 18 heavy (non-hydrogen) atoms. The van der Waals surface area contributed by atoms with Crippen LogP contribution in [0.3, 0.4) is 0 Å². The summed E-state index contributed by atoms with van der Waals surface area (Å²) in [6.07, 6.45) is 6.65. The molecule has 1 aromatic carbocycles. The zero-order valence-corrected chi connectivity index (χ0v) is 12.0. The Morgan fingerprint density at radius 3 is 2.89 bits per heavy atom. The molecule has 0 aromatic heterocycles. The van der Waals surface area contributed by atoms with Gasteiger partial charge in [-0.1, -0.05) is 35.0 Å². The summed E-state index contributed by atoms with van der Waals surface area (Å²) >= 11 is 3.36. The third-order valence-corrected chi connectivity index (χ3v) is 3.93. The van der Waals surface area contributed by atoms with Gasteiger partial charge in [0.1, 0.15) is 11.8 Å². The molecular weight excluding hydrogens is 290 g/mol. The second-order valence-corrected chi connectivity index (χ2v) is 5.66. The molecule has 2 nitrogen and oxygen atoms in total. The fraction of sp³-hybridized carbons (Fsp3) is 0.400. The first kappa shape index (κ1) is 13.2. The van der Waals surface area contributed by atoms with E-state index < -0.39 is 0 Å². The fourth-order valence-electron chi connectivity index (χ4n) is 2.15. The van der Waals surface area contributed by atoms with Crippen molar-refractivity contribution in [2.45, 2.75) is 19.8 Å².